The molecule has 5 rings (SSSR count). The Bertz CT molecular complexity index is 1140. The van der Waals surface area contributed by atoms with Gasteiger partial charge in [-0.2, -0.15) is 4.98 Å². The second kappa shape index (κ2) is 9.75. The van der Waals surface area contributed by atoms with Crippen LogP contribution in [0.1, 0.15) is 52.9 Å². The number of hydrogen-bond donors (Lipinski definition) is 1. The van der Waals surface area contributed by atoms with E-state index in [2.05, 4.69) is 31.2 Å². The smallest absolute Gasteiger partial charge is 0.413 e. The van der Waals surface area contributed by atoms with E-state index in [0.717, 1.165) is 45.1 Å². The lowest BCUT2D eigenvalue weighted by Crippen LogP contribution is -2.46. The number of piperidine rings is 2. The van der Waals surface area contributed by atoms with Gasteiger partial charge in [-0.15, -0.1) is 0 Å². The van der Waals surface area contributed by atoms with E-state index >= 15 is 0 Å². The molecule has 2 aliphatic rings. The first-order valence-electron chi connectivity index (χ1n) is 12.1. The van der Waals surface area contributed by atoms with Crippen LogP contribution in [0.5, 0.6) is 0 Å². The molecule has 8 nitrogen and oxygen atoms in total. The number of nitrogens with zero attached hydrogens (tertiary/aromatic N) is 5. The fourth-order valence-corrected chi connectivity index (χ4v) is 6.44. The first-order valence-corrected chi connectivity index (χ1v) is 13.7. The summed E-state index contributed by atoms with van der Waals surface area (Å²) < 4.78 is 6.38. The van der Waals surface area contributed by atoms with E-state index in [0.29, 0.717) is 5.13 Å². The topological polar surface area (TPSA) is 83.5 Å². The number of hydrogen-bond acceptors (Lipinski definition) is 9. The molecule has 34 heavy (non-hydrogen) atoms. The molecule has 182 valence electrons. The summed E-state index contributed by atoms with van der Waals surface area (Å²) in [4.78, 5) is 31.8. The van der Waals surface area contributed by atoms with Gasteiger partial charge in [0, 0.05) is 37.1 Å². The van der Waals surface area contributed by atoms with Crippen molar-refractivity contribution in [1.82, 2.24) is 19.9 Å². The maximum Gasteiger partial charge on any atom is 0.413 e. The zero-order valence-corrected chi connectivity index (χ0v) is 21.7. The van der Waals surface area contributed by atoms with E-state index in [-0.39, 0.29) is 0 Å². The number of nitrogens with one attached hydrogen (secondary N) is 1. The molecule has 2 fully saturated rings. The van der Waals surface area contributed by atoms with E-state index in [9.17, 15) is 4.79 Å². The number of likely N-dealkylation sites (tertiary alicyclic amines) is 1. The Morgan fingerprint density at radius 2 is 1.82 bits per heavy atom. The number of anilines is 2. The Labute approximate surface area is 208 Å². The van der Waals surface area contributed by atoms with Gasteiger partial charge in [-0.1, -0.05) is 29.1 Å². The minimum absolute atomic E-state index is 0.502. The van der Waals surface area contributed by atoms with Crippen LogP contribution in [0.15, 0.2) is 18.5 Å². The van der Waals surface area contributed by atoms with Gasteiger partial charge < -0.3 is 14.5 Å². The normalized spacial score (nSPS) is 18.4. The van der Waals surface area contributed by atoms with Gasteiger partial charge in [-0.25, -0.2) is 14.8 Å². The molecule has 0 radical (unpaired) electrons. The average Bonchev–Trinajstić information content (AvgIpc) is 3.45. The second-order valence-corrected chi connectivity index (χ2v) is 12.1. The number of carbonyl (C=O) groups is 1. The summed E-state index contributed by atoms with van der Waals surface area (Å²) in [6, 6.07) is 2.85. The number of pyridine rings is 1. The molecule has 3 aromatic heterocycles. The molecule has 0 saturated carbocycles. The predicted molar refractivity (Wildman–Crippen MR) is 139 cm³/mol. The Morgan fingerprint density at radius 3 is 2.56 bits per heavy atom. The van der Waals surface area contributed by atoms with Crippen LogP contribution in [-0.2, 0) is 4.74 Å². The van der Waals surface area contributed by atoms with Gasteiger partial charge in [-0.05, 0) is 65.6 Å². The van der Waals surface area contributed by atoms with Gasteiger partial charge in [0.1, 0.15) is 5.60 Å². The minimum atomic E-state index is -0.550. The molecular formula is C24H32N6O2S2. The van der Waals surface area contributed by atoms with E-state index in [1.54, 1.807) is 17.5 Å². The van der Waals surface area contributed by atoms with Gasteiger partial charge in [0.25, 0.3) is 0 Å². The van der Waals surface area contributed by atoms with Crippen LogP contribution in [0.25, 0.3) is 20.8 Å². The summed E-state index contributed by atoms with van der Waals surface area (Å²) in [5, 5.41) is 4.27. The molecule has 5 heterocycles. The summed E-state index contributed by atoms with van der Waals surface area (Å²) in [6.07, 6.45) is 9.60. The number of rotatable bonds is 4. The Kier molecular flexibility index (Phi) is 6.72. The summed E-state index contributed by atoms with van der Waals surface area (Å²) in [6.45, 7) is 10.2. The summed E-state index contributed by atoms with van der Waals surface area (Å²) in [5.41, 5.74) is 1.21. The molecule has 0 unspecified atom stereocenters. The number of ether oxygens (including phenoxy) is 1. The lowest BCUT2D eigenvalue weighted by atomic mass is 10.0. The van der Waals surface area contributed by atoms with Crippen LogP contribution in [0.4, 0.5) is 15.1 Å². The van der Waals surface area contributed by atoms with Crippen molar-refractivity contribution >= 4 is 49.4 Å². The first-order chi connectivity index (χ1) is 16.3. The van der Waals surface area contributed by atoms with Crippen molar-refractivity contribution in [1.29, 1.82) is 0 Å². The van der Waals surface area contributed by atoms with Gasteiger partial charge in [0.2, 0.25) is 0 Å². The van der Waals surface area contributed by atoms with E-state index in [1.165, 1.54) is 56.5 Å². The van der Waals surface area contributed by atoms with Gasteiger partial charge in [0.15, 0.2) is 15.9 Å². The summed E-state index contributed by atoms with van der Waals surface area (Å²) in [7, 11) is 0. The molecule has 1 amide bonds. The average molecular weight is 501 g/mol. The van der Waals surface area contributed by atoms with Crippen LogP contribution >= 0.6 is 22.7 Å². The maximum absolute atomic E-state index is 12.0. The molecule has 10 heteroatoms. The Morgan fingerprint density at radius 1 is 1.06 bits per heavy atom. The van der Waals surface area contributed by atoms with Crippen molar-refractivity contribution in [2.75, 3.05) is 36.4 Å². The highest BCUT2D eigenvalue weighted by atomic mass is 32.1. The first kappa shape index (κ1) is 23.4. The quantitative estimate of drug-likeness (QED) is 0.498. The van der Waals surface area contributed by atoms with Crippen LogP contribution in [0.3, 0.4) is 0 Å². The SMILES string of the molecule is CC(C)(C)OC(=O)Nc1ncc(-c2cnc3nc(N4CCC(N5CCCCC5)CC4)sc3c2)s1. The zero-order valence-electron chi connectivity index (χ0n) is 20.0. The van der Waals surface area contributed by atoms with Crippen LogP contribution in [0, 0.1) is 0 Å². The van der Waals surface area contributed by atoms with Crippen LogP contribution in [0.2, 0.25) is 0 Å². The molecule has 0 aliphatic carbocycles. The van der Waals surface area contributed by atoms with E-state index < -0.39 is 11.7 Å². The van der Waals surface area contributed by atoms with Crippen molar-refractivity contribution < 1.29 is 9.53 Å². The molecular weight excluding hydrogens is 468 g/mol. The standard InChI is InChI=1S/C24H32N6O2S2/c1-24(2,3)32-23(31)28-21-26-15-19(33-21)16-13-18-20(25-14-16)27-22(34-18)30-11-7-17(8-12-30)29-9-5-4-6-10-29/h13-15,17H,4-12H2,1-3H3,(H,26,28,31). The summed E-state index contributed by atoms with van der Waals surface area (Å²) >= 11 is 3.11. The fourth-order valence-electron chi connectivity index (χ4n) is 4.64. The Hall–Kier alpha value is -2.30. The Balaban J connectivity index is 1.24. The van der Waals surface area contributed by atoms with E-state index in [4.69, 9.17) is 9.72 Å². The van der Waals surface area contributed by atoms with Crippen molar-refractivity contribution in [3.63, 3.8) is 0 Å². The highest BCUT2D eigenvalue weighted by Crippen LogP contribution is 2.35. The van der Waals surface area contributed by atoms with Crippen molar-refractivity contribution in [3.8, 4) is 10.4 Å². The predicted octanol–water partition coefficient (Wildman–Crippen LogP) is 5.62. The molecule has 2 aliphatic heterocycles. The van der Waals surface area contributed by atoms with Crippen LogP contribution in [-0.4, -0.2) is 63.8 Å². The van der Waals surface area contributed by atoms with Crippen molar-refractivity contribution in [2.24, 2.45) is 0 Å². The largest absolute Gasteiger partial charge is 0.444 e. The maximum atomic E-state index is 12.0. The number of fused-ring (bicyclic) bond motifs is 1. The molecule has 3 aromatic rings. The van der Waals surface area contributed by atoms with Crippen molar-refractivity contribution in [2.45, 2.75) is 64.5 Å². The minimum Gasteiger partial charge on any atom is -0.444 e. The van der Waals surface area contributed by atoms with Gasteiger partial charge in [-0.3, -0.25) is 5.32 Å². The van der Waals surface area contributed by atoms with Crippen LogP contribution < -0.4 is 10.2 Å². The van der Waals surface area contributed by atoms with Crippen molar-refractivity contribution in [3.05, 3.63) is 18.5 Å². The molecule has 2 saturated heterocycles. The van der Waals surface area contributed by atoms with Gasteiger partial charge >= 0.3 is 6.09 Å². The second-order valence-electron chi connectivity index (χ2n) is 10.0. The monoisotopic (exact) mass is 500 g/mol. The lowest BCUT2D eigenvalue weighted by molar-refractivity contribution is 0.0636. The molecule has 0 spiro atoms. The molecule has 0 bridgehead atoms. The van der Waals surface area contributed by atoms with Gasteiger partial charge in [0.05, 0.1) is 9.58 Å². The fraction of sp³-hybridized carbons (Fsp3) is 0.583. The number of thiazole rings is 2. The third-order valence-electron chi connectivity index (χ3n) is 6.28. The summed E-state index contributed by atoms with van der Waals surface area (Å²) in [5.74, 6) is 0. The molecule has 1 N–H and O–H groups in total. The lowest BCUT2D eigenvalue weighted by Gasteiger charge is -2.40. The third-order valence-corrected chi connectivity index (χ3v) is 8.29. The van der Waals surface area contributed by atoms with E-state index in [1.807, 2.05) is 27.0 Å². The third kappa shape index (κ3) is 5.50. The molecule has 0 atom stereocenters. The highest BCUT2D eigenvalue weighted by Gasteiger charge is 2.27. The highest BCUT2D eigenvalue weighted by molar-refractivity contribution is 7.22. The molecule has 0 aromatic carbocycles. The number of amides is 1. The number of aromatic nitrogens is 3. The zero-order chi connectivity index (χ0) is 23.7. The number of carbonyl (C=O) groups excluding carboxylic acids is 1.